The SMILES string of the molecule is Nc1n[nH]c2c(N=O)ccc(Cl)c12. The minimum atomic E-state index is 0.253. The van der Waals surface area contributed by atoms with Gasteiger partial charge in [-0.15, -0.1) is 4.91 Å². The first-order valence-electron chi connectivity index (χ1n) is 3.49. The predicted molar refractivity (Wildman–Crippen MR) is 51.0 cm³/mol. The number of nitrogens with two attached hydrogens (primary N) is 1. The number of anilines is 1. The van der Waals surface area contributed by atoms with Gasteiger partial charge in [-0.1, -0.05) is 11.6 Å². The van der Waals surface area contributed by atoms with Crippen molar-refractivity contribution in [2.75, 3.05) is 5.73 Å². The Balaban J connectivity index is 2.95. The van der Waals surface area contributed by atoms with E-state index in [1.165, 1.54) is 6.07 Å². The van der Waals surface area contributed by atoms with Gasteiger partial charge < -0.3 is 5.73 Å². The molecular formula is C7H5ClN4O. The molecule has 0 aliphatic rings. The van der Waals surface area contributed by atoms with Crippen LogP contribution >= 0.6 is 11.6 Å². The molecule has 13 heavy (non-hydrogen) atoms. The number of nitroso groups, excluding NO2 is 1. The van der Waals surface area contributed by atoms with Crippen LogP contribution in [-0.4, -0.2) is 10.2 Å². The third-order valence-electron chi connectivity index (χ3n) is 1.78. The van der Waals surface area contributed by atoms with E-state index in [0.717, 1.165) is 0 Å². The van der Waals surface area contributed by atoms with Crippen molar-refractivity contribution in [2.24, 2.45) is 5.18 Å². The highest BCUT2D eigenvalue weighted by Crippen LogP contribution is 2.32. The van der Waals surface area contributed by atoms with Crippen LogP contribution in [0.5, 0.6) is 0 Å². The van der Waals surface area contributed by atoms with Gasteiger partial charge in [0, 0.05) is 0 Å². The lowest BCUT2D eigenvalue weighted by atomic mass is 10.2. The van der Waals surface area contributed by atoms with Crippen LogP contribution in [0.3, 0.4) is 0 Å². The molecule has 0 radical (unpaired) electrons. The Morgan fingerprint density at radius 2 is 2.31 bits per heavy atom. The van der Waals surface area contributed by atoms with Crippen LogP contribution in [0.1, 0.15) is 0 Å². The van der Waals surface area contributed by atoms with Crippen LogP contribution in [0.15, 0.2) is 17.3 Å². The van der Waals surface area contributed by atoms with Crippen LogP contribution in [0.2, 0.25) is 5.02 Å². The number of aromatic nitrogens is 2. The molecule has 2 rings (SSSR count). The smallest absolute Gasteiger partial charge is 0.154 e. The molecule has 0 bridgehead atoms. The van der Waals surface area contributed by atoms with Crippen molar-refractivity contribution < 1.29 is 0 Å². The van der Waals surface area contributed by atoms with Gasteiger partial charge in [0.15, 0.2) is 5.82 Å². The molecular weight excluding hydrogens is 192 g/mol. The molecule has 6 heteroatoms. The van der Waals surface area contributed by atoms with E-state index < -0.39 is 0 Å². The second-order valence-electron chi connectivity index (χ2n) is 2.52. The molecule has 5 nitrogen and oxygen atoms in total. The molecule has 0 spiro atoms. The summed E-state index contributed by atoms with van der Waals surface area (Å²) in [4.78, 5) is 10.4. The van der Waals surface area contributed by atoms with Crippen LogP contribution in [0.25, 0.3) is 10.9 Å². The summed E-state index contributed by atoms with van der Waals surface area (Å²) in [6.07, 6.45) is 0. The lowest BCUT2D eigenvalue weighted by molar-refractivity contribution is 1.13. The van der Waals surface area contributed by atoms with E-state index in [9.17, 15) is 4.91 Å². The molecule has 1 aromatic heterocycles. The molecule has 3 N–H and O–H groups in total. The second-order valence-corrected chi connectivity index (χ2v) is 2.92. The highest BCUT2D eigenvalue weighted by molar-refractivity contribution is 6.36. The molecule has 1 aromatic carbocycles. The first-order chi connectivity index (χ1) is 6.24. The Kier molecular flexibility index (Phi) is 1.66. The zero-order valence-electron chi connectivity index (χ0n) is 6.41. The molecule has 0 aliphatic heterocycles. The largest absolute Gasteiger partial charge is 0.382 e. The average molecular weight is 197 g/mol. The quantitative estimate of drug-likeness (QED) is 0.686. The van der Waals surface area contributed by atoms with Gasteiger partial charge in [0.05, 0.1) is 15.9 Å². The van der Waals surface area contributed by atoms with Gasteiger partial charge >= 0.3 is 0 Å². The predicted octanol–water partition coefficient (Wildman–Crippen LogP) is 2.20. The van der Waals surface area contributed by atoms with E-state index in [1.54, 1.807) is 6.07 Å². The number of hydrogen-bond acceptors (Lipinski definition) is 4. The Morgan fingerprint density at radius 3 is 3.00 bits per heavy atom. The fourth-order valence-corrected chi connectivity index (χ4v) is 1.43. The van der Waals surface area contributed by atoms with E-state index in [0.29, 0.717) is 15.9 Å². The summed E-state index contributed by atoms with van der Waals surface area (Å²) in [5, 5.41) is 10.1. The van der Waals surface area contributed by atoms with Crippen molar-refractivity contribution in [3.63, 3.8) is 0 Å². The van der Waals surface area contributed by atoms with Crippen LogP contribution in [-0.2, 0) is 0 Å². The Bertz CT molecular complexity index is 479. The second kappa shape index (κ2) is 2.70. The summed E-state index contributed by atoms with van der Waals surface area (Å²) in [5.41, 5.74) is 6.26. The summed E-state index contributed by atoms with van der Waals surface area (Å²) in [5.74, 6) is 0.269. The maximum atomic E-state index is 10.4. The van der Waals surface area contributed by atoms with Gasteiger partial charge in [-0.3, -0.25) is 5.10 Å². The van der Waals surface area contributed by atoms with Crippen molar-refractivity contribution in [3.05, 3.63) is 22.1 Å². The number of nitrogens with zero attached hydrogens (tertiary/aromatic N) is 2. The van der Waals surface area contributed by atoms with Crippen molar-refractivity contribution in [3.8, 4) is 0 Å². The summed E-state index contributed by atoms with van der Waals surface area (Å²) >= 11 is 5.85. The first kappa shape index (κ1) is 8.00. The number of halogens is 1. The number of aromatic amines is 1. The fraction of sp³-hybridized carbons (Fsp3) is 0. The monoisotopic (exact) mass is 196 g/mol. The molecule has 0 aliphatic carbocycles. The Morgan fingerprint density at radius 1 is 1.54 bits per heavy atom. The van der Waals surface area contributed by atoms with Gasteiger partial charge in [-0.25, -0.2) is 0 Å². The maximum absolute atomic E-state index is 10.4. The van der Waals surface area contributed by atoms with Gasteiger partial charge in [0.25, 0.3) is 0 Å². The van der Waals surface area contributed by atoms with Gasteiger partial charge in [-0.2, -0.15) is 5.10 Å². The van der Waals surface area contributed by atoms with E-state index in [1.807, 2.05) is 0 Å². The van der Waals surface area contributed by atoms with E-state index in [2.05, 4.69) is 15.4 Å². The molecule has 0 fully saturated rings. The molecule has 0 saturated heterocycles. The standard InChI is InChI=1S/C7H5ClN4O/c8-3-1-2-4(12-13)6-5(3)7(9)11-10-6/h1-2H,(H3,9,10,11). The Labute approximate surface area is 77.8 Å². The van der Waals surface area contributed by atoms with Gasteiger partial charge in [0.1, 0.15) is 5.69 Å². The number of H-pyrrole nitrogens is 1. The van der Waals surface area contributed by atoms with Crippen LogP contribution in [0.4, 0.5) is 11.5 Å². The first-order valence-corrected chi connectivity index (χ1v) is 3.87. The number of fused-ring (bicyclic) bond motifs is 1. The third-order valence-corrected chi connectivity index (χ3v) is 2.09. The molecule has 1 heterocycles. The summed E-state index contributed by atoms with van der Waals surface area (Å²) in [6, 6.07) is 3.07. The molecule has 2 aromatic rings. The summed E-state index contributed by atoms with van der Waals surface area (Å²) < 4.78 is 0. The number of rotatable bonds is 1. The molecule has 0 unspecified atom stereocenters. The number of hydrogen-bond donors (Lipinski definition) is 2. The minimum Gasteiger partial charge on any atom is -0.382 e. The highest BCUT2D eigenvalue weighted by atomic mass is 35.5. The van der Waals surface area contributed by atoms with E-state index in [-0.39, 0.29) is 11.5 Å². The summed E-state index contributed by atoms with van der Waals surface area (Å²) in [7, 11) is 0. The van der Waals surface area contributed by atoms with E-state index >= 15 is 0 Å². The molecule has 0 amide bonds. The van der Waals surface area contributed by atoms with E-state index in [4.69, 9.17) is 17.3 Å². The summed E-state index contributed by atoms with van der Waals surface area (Å²) in [6.45, 7) is 0. The van der Waals surface area contributed by atoms with Gasteiger partial charge in [0.2, 0.25) is 0 Å². The zero-order valence-corrected chi connectivity index (χ0v) is 7.17. The van der Waals surface area contributed by atoms with Crippen molar-refractivity contribution in [2.45, 2.75) is 0 Å². The topological polar surface area (TPSA) is 84.1 Å². The van der Waals surface area contributed by atoms with Crippen LogP contribution < -0.4 is 5.73 Å². The molecule has 66 valence electrons. The molecule has 0 saturated carbocycles. The van der Waals surface area contributed by atoms with Crippen molar-refractivity contribution >= 4 is 34.0 Å². The van der Waals surface area contributed by atoms with Crippen molar-refractivity contribution in [1.29, 1.82) is 0 Å². The lowest BCUT2D eigenvalue weighted by Gasteiger charge is -1.94. The Hall–Kier alpha value is -1.62. The third kappa shape index (κ3) is 1.05. The minimum absolute atomic E-state index is 0.253. The number of benzene rings is 1. The molecule has 0 atom stereocenters. The van der Waals surface area contributed by atoms with Gasteiger partial charge in [-0.05, 0) is 17.3 Å². The maximum Gasteiger partial charge on any atom is 0.154 e. The van der Waals surface area contributed by atoms with Crippen LogP contribution in [0, 0.1) is 4.91 Å². The highest BCUT2D eigenvalue weighted by Gasteiger charge is 2.10. The number of nitrogens with one attached hydrogen (secondary N) is 1. The normalized spacial score (nSPS) is 10.5. The zero-order chi connectivity index (χ0) is 9.42. The lowest BCUT2D eigenvalue weighted by Crippen LogP contribution is -1.84. The number of nitrogen functional groups attached to an aromatic ring is 1. The average Bonchev–Trinajstić information content (AvgIpc) is 2.50. The van der Waals surface area contributed by atoms with Crippen molar-refractivity contribution in [1.82, 2.24) is 10.2 Å². The fourth-order valence-electron chi connectivity index (χ4n) is 1.18.